The molecular formula is C22H32N2O. The fourth-order valence-corrected chi connectivity index (χ4v) is 6.21. The van der Waals surface area contributed by atoms with E-state index in [2.05, 4.69) is 49.3 Å². The zero-order valence-corrected chi connectivity index (χ0v) is 16.0. The average molecular weight is 341 g/mol. The van der Waals surface area contributed by atoms with Crippen LogP contribution in [-0.2, 0) is 11.3 Å². The first-order valence-electron chi connectivity index (χ1n) is 9.96. The molecule has 4 bridgehead atoms. The van der Waals surface area contributed by atoms with Gasteiger partial charge in [-0.3, -0.25) is 9.69 Å². The van der Waals surface area contributed by atoms with Gasteiger partial charge >= 0.3 is 0 Å². The number of likely N-dealkylation sites (N-methyl/N-ethyl adjacent to an activating group) is 1. The molecule has 3 heteroatoms. The Balaban J connectivity index is 1.34. The van der Waals surface area contributed by atoms with E-state index in [1.807, 2.05) is 0 Å². The summed E-state index contributed by atoms with van der Waals surface area (Å²) in [5.74, 6) is 2.84. The number of carbonyl (C=O) groups excluding carboxylic acids is 1. The van der Waals surface area contributed by atoms with Gasteiger partial charge < -0.3 is 5.32 Å². The van der Waals surface area contributed by atoms with E-state index < -0.39 is 0 Å². The standard InChI is InChI=1S/C22H32N2O/c1-15-4-5-20(16(2)6-15)13-24(3)14-21(25)23-22-10-17-7-18(11-22)9-19(8-17)12-22/h4-6,17-19H,7-14H2,1-3H3,(H,23,25). The van der Waals surface area contributed by atoms with Crippen LogP contribution in [-0.4, -0.2) is 29.9 Å². The highest BCUT2D eigenvalue weighted by Gasteiger charge is 2.51. The molecule has 0 aromatic heterocycles. The molecule has 0 radical (unpaired) electrons. The van der Waals surface area contributed by atoms with Gasteiger partial charge in [0.1, 0.15) is 0 Å². The summed E-state index contributed by atoms with van der Waals surface area (Å²) in [7, 11) is 2.05. The van der Waals surface area contributed by atoms with Gasteiger partial charge in [-0.1, -0.05) is 23.8 Å². The van der Waals surface area contributed by atoms with Crippen LogP contribution >= 0.6 is 0 Å². The molecular weight excluding hydrogens is 308 g/mol. The van der Waals surface area contributed by atoms with Gasteiger partial charge in [0.2, 0.25) is 5.91 Å². The van der Waals surface area contributed by atoms with Crippen LogP contribution in [0.2, 0.25) is 0 Å². The van der Waals surface area contributed by atoms with E-state index in [9.17, 15) is 4.79 Å². The maximum absolute atomic E-state index is 12.7. The van der Waals surface area contributed by atoms with Crippen molar-refractivity contribution in [3.05, 3.63) is 34.9 Å². The van der Waals surface area contributed by atoms with Crippen molar-refractivity contribution in [2.24, 2.45) is 17.8 Å². The minimum atomic E-state index is 0.131. The van der Waals surface area contributed by atoms with Crippen LogP contribution in [0.1, 0.15) is 55.2 Å². The molecule has 0 aliphatic heterocycles. The largest absolute Gasteiger partial charge is 0.350 e. The number of benzene rings is 1. The smallest absolute Gasteiger partial charge is 0.234 e. The van der Waals surface area contributed by atoms with Crippen molar-refractivity contribution < 1.29 is 4.79 Å². The predicted molar refractivity (Wildman–Crippen MR) is 101 cm³/mol. The van der Waals surface area contributed by atoms with E-state index in [-0.39, 0.29) is 11.4 Å². The second-order valence-electron chi connectivity index (χ2n) is 9.35. The Hall–Kier alpha value is -1.35. The first kappa shape index (κ1) is 17.1. The second kappa shape index (κ2) is 6.42. The Morgan fingerprint density at radius 1 is 1.12 bits per heavy atom. The van der Waals surface area contributed by atoms with Gasteiger partial charge in [-0.15, -0.1) is 0 Å². The number of rotatable bonds is 5. The lowest BCUT2D eigenvalue weighted by molar-refractivity contribution is -0.127. The number of hydrogen-bond donors (Lipinski definition) is 1. The molecule has 1 aromatic carbocycles. The molecule has 5 rings (SSSR count). The number of hydrogen-bond acceptors (Lipinski definition) is 2. The average Bonchev–Trinajstić information content (AvgIpc) is 2.47. The lowest BCUT2D eigenvalue weighted by Crippen LogP contribution is -2.60. The highest BCUT2D eigenvalue weighted by molar-refractivity contribution is 5.79. The SMILES string of the molecule is Cc1ccc(CN(C)CC(=O)NC23CC4CC(CC(C4)C2)C3)c(C)c1. The van der Waals surface area contributed by atoms with Crippen molar-refractivity contribution in [1.29, 1.82) is 0 Å². The van der Waals surface area contributed by atoms with E-state index in [1.165, 1.54) is 55.2 Å². The minimum Gasteiger partial charge on any atom is -0.350 e. The fourth-order valence-electron chi connectivity index (χ4n) is 6.21. The lowest BCUT2D eigenvalue weighted by atomic mass is 9.53. The van der Waals surface area contributed by atoms with E-state index >= 15 is 0 Å². The number of amides is 1. The molecule has 4 aliphatic carbocycles. The summed E-state index contributed by atoms with van der Waals surface area (Å²) in [4.78, 5) is 14.9. The maximum atomic E-state index is 12.7. The zero-order chi connectivity index (χ0) is 17.6. The summed E-state index contributed by atoms with van der Waals surface area (Å²) in [5, 5.41) is 3.48. The Labute approximate surface area is 152 Å². The molecule has 1 amide bonds. The molecule has 0 heterocycles. The summed E-state index contributed by atoms with van der Waals surface area (Å²) >= 11 is 0. The van der Waals surface area contributed by atoms with Crippen molar-refractivity contribution in [2.75, 3.05) is 13.6 Å². The number of aryl methyl sites for hydroxylation is 2. The first-order chi connectivity index (χ1) is 11.9. The summed E-state index contributed by atoms with van der Waals surface area (Å²) in [6.07, 6.45) is 7.94. The summed E-state index contributed by atoms with van der Waals surface area (Å²) in [5.41, 5.74) is 4.06. The Morgan fingerprint density at radius 3 is 2.28 bits per heavy atom. The molecule has 3 nitrogen and oxygen atoms in total. The van der Waals surface area contributed by atoms with E-state index in [0.29, 0.717) is 6.54 Å². The minimum absolute atomic E-state index is 0.131. The van der Waals surface area contributed by atoms with Gasteiger partial charge in [-0.2, -0.15) is 0 Å². The normalized spacial score (nSPS) is 33.0. The highest BCUT2D eigenvalue weighted by Crippen LogP contribution is 2.55. The molecule has 4 aliphatic rings. The van der Waals surface area contributed by atoms with Crippen LogP contribution < -0.4 is 5.32 Å². The van der Waals surface area contributed by atoms with Crippen molar-refractivity contribution >= 4 is 5.91 Å². The fraction of sp³-hybridized carbons (Fsp3) is 0.682. The molecule has 25 heavy (non-hydrogen) atoms. The molecule has 0 spiro atoms. The van der Waals surface area contributed by atoms with Crippen molar-refractivity contribution in [3.63, 3.8) is 0 Å². The third-order valence-electron chi connectivity index (χ3n) is 6.79. The molecule has 1 aromatic rings. The number of nitrogens with zero attached hydrogens (tertiary/aromatic N) is 1. The van der Waals surface area contributed by atoms with Gasteiger partial charge in [-0.05, 0) is 88.3 Å². The van der Waals surface area contributed by atoms with Gasteiger partial charge in [-0.25, -0.2) is 0 Å². The van der Waals surface area contributed by atoms with Crippen LogP contribution in [0, 0.1) is 31.6 Å². The van der Waals surface area contributed by atoms with Gasteiger partial charge in [0.25, 0.3) is 0 Å². The van der Waals surface area contributed by atoms with Crippen molar-refractivity contribution in [2.45, 2.75) is 64.5 Å². The van der Waals surface area contributed by atoms with Crippen LogP contribution in [0.15, 0.2) is 18.2 Å². The van der Waals surface area contributed by atoms with E-state index in [0.717, 1.165) is 24.3 Å². The third kappa shape index (κ3) is 3.62. The topological polar surface area (TPSA) is 32.3 Å². The van der Waals surface area contributed by atoms with Gasteiger partial charge in [0.05, 0.1) is 6.54 Å². The molecule has 1 N–H and O–H groups in total. The van der Waals surface area contributed by atoms with Crippen molar-refractivity contribution in [3.8, 4) is 0 Å². The Morgan fingerprint density at radius 2 is 1.72 bits per heavy atom. The molecule has 4 saturated carbocycles. The predicted octanol–water partition coefficient (Wildman–Crippen LogP) is 3.82. The van der Waals surface area contributed by atoms with Gasteiger partial charge in [0, 0.05) is 12.1 Å². The Bertz CT molecular complexity index is 631. The summed E-state index contributed by atoms with van der Waals surface area (Å²) in [6, 6.07) is 6.57. The quantitative estimate of drug-likeness (QED) is 0.884. The monoisotopic (exact) mass is 340 g/mol. The Kier molecular flexibility index (Phi) is 4.39. The summed E-state index contributed by atoms with van der Waals surface area (Å²) in [6.45, 7) is 5.61. The molecule has 0 atom stereocenters. The molecule has 4 fully saturated rings. The third-order valence-corrected chi connectivity index (χ3v) is 6.79. The molecule has 136 valence electrons. The number of carbonyl (C=O) groups is 1. The molecule has 0 saturated heterocycles. The van der Waals surface area contributed by atoms with Crippen LogP contribution in [0.4, 0.5) is 0 Å². The van der Waals surface area contributed by atoms with Gasteiger partial charge in [0.15, 0.2) is 0 Å². The zero-order valence-electron chi connectivity index (χ0n) is 16.0. The van der Waals surface area contributed by atoms with E-state index in [1.54, 1.807) is 0 Å². The highest BCUT2D eigenvalue weighted by atomic mass is 16.2. The van der Waals surface area contributed by atoms with E-state index in [4.69, 9.17) is 0 Å². The molecule has 0 unspecified atom stereocenters. The lowest BCUT2D eigenvalue weighted by Gasteiger charge is -2.57. The van der Waals surface area contributed by atoms with Crippen LogP contribution in [0.5, 0.6) is 0 Å². The maximum Gasteiger partial charge on any atom is 0.234 e. The second-order valence-corrected chi connectivity index (χ2v) is 9.35. The van der Waals surface area contributed by atoms with Crippen LogP contribution in [0.25, 0.3) is 0 Å². The first-order valence-corrected chi connectivity index (χ1v) is 9.96. The summed E-state index contributed by atoms with van der Waals surface area (Å²) < 4.78 is 0. The van der Waals surface area contributed by atoms with Crippen LogP contribution in [0.3, 0.4) is 0 Å². The van der Waals surface area contributed by atoms with Crippen molar-refractivity contribution in [1.82, 2.24) is 10.2 Å². The number of nitrogens with one attached hydrogen (secondary N) is 1.